The van der Waals surface area contributed by atoms with Gasteiger partial charge in [-0.15, -0.1) is 0 Å². The minimum absolute atomic E-state index is 0.396. The number of rotatable bonds is 5. The van der Waals surface area contributed by atoms with Crippen molar-refractivity contribution in [3.63, 3.8) is 0 Å². The lowest BCUT2D eigenvalue weighted by molar-refractivity contribution is -0.118. The SMILES string of the molecule is CNc1nc(C2CC2)nc(NC(C)C(N)=O)c1C. The fourth-order valence-electron chi connectivity index (χ4n) is 1.72. The summed E-state index contributed by atoms with van der Waals surface area (Å²) in [5.41, 5.74) is 6.15. The van der Waals surface area contributed by atoms with Gasteiger partial charge in [0.1, 0.15) is 23.5 Å². The molecule has 1 heterocycles. The van der Waals surface area contributed by atoms with E-state index in [4.69, 9.17) is 5.73 Å². The molecule has 1 fully saturated rings. The number of carbonyl (C=O) groups excluding carboxylic acids is 1. The Labute approximate surface area is 106 Å². The summed E-state index contributed by atoms with van der Waals surface area (Å²) in [5, 5.41) is 6.10. The molecule has 0 spiro atoms. The summed E-state index contributed by atoms with van der Waals surface area (Å²) in [6.07, 6.45) is 2.27. The minimum Gasteiger partial charge on any atom is -0.373 e. The number of amides is 1. The lowest BCUT2D eigenvalue weighted by atomic mass is 10.2. The molecule has 0 saturated heterocycles. The van der Waals surface area contributed by atoms with Crippen LogP contribution in [0, 0.1) is 6.92 Å². The van der Waals surface area contributed by atoms with Gasteiger partial charge in [-0.1, -0.05) is 0 Å². The molecule has 1 saturated carbocycles. The van der Waals surface area contributed by atoms with Crippen molar-refractivity contribution in [3.8, 4) is 0 Å². The molecule has 1 aliphatic rings. The third-order valence-electron chi connectivity index (χ3n) is 3.12. The molecule has 1 aromatic rings. The van der Waals surface area contributed by atoms with Gasteiger partial charge in [-0.25, -0.2) is 9.97 Å². The van der Waals surface area contributed by atoms with Crippen LogP contribution in [0.3, 0.4) is 0 Å². The Bertz CT molecular complexity index is 470. The fraction of sp³-hybridized carbons (Fsp3) is 0.583. The van der Waals surface area contributed by atoms with Gasteiger partial charge in [-0.05, 0) is 26.7 Å². The zero-order valence-corrected chi connectivity index (χ0v) is 10.9. The number of anilines is 2. The van der Waals surface area contributed by atoms with Crippen LogP contribution in [-0.2, 0) is 4.79 Å². The third-order valence-corrected chi connectivity index (χ3v) is 3.12. The van der Waals surface area contributed by atoms with E-state index in [0.717, 1.165) is 30.0 Å². The smallest absolute Gasteiger partial charge is 0.239 e. The number of carbonyl (C=O) groups is 1. The average molecular weight is 249 g/mol. The summed E-state index contributed by atoms with van der Waals surface area (Å²) in [7, 11) is 1.83. The monoisotopic (exact) mass is 249 g/mol. The first-order valence-corrected chi connectivity index (χ1v) is 6.15. The van der Waals surface area contributed by atoms with E-state index in [0.29, 0.717) is 11.7 Å². The van der Waals surface area contributed by atoms with Gasteiger partial charge >= 0.3 is 0 Å². The molecule has 98 valence electrons. The first-order valence-electron chi connectivity index (χ1n) is 6.15. The van der Waals surface area contributed by atoms with E-state index < -0.39 is 11.9 Å². The predicted molar refractivity (Wildman–Crippen MR) is 70.6 cm³/mol. The molecule has 0 radical (unpaired) electrons. The minimum atomic E-state index is -0.449. The van der Waals surface area contributed by atoms with E-state index >= 15 is 0 Å². The van der Waals surface area contributed by atoms with Crippen LogP contribution in [0.5, 0.6) is 0 Å². The average Bonchev–Trinajstić information content (AvgIpc) is 3.15. The Morgan fingerprint density at radius 1 is 1.39 bits per heavy atom. The van der Waals surface area contributed by atoms with Crippen molar-refractivity contribution in [2.75, 3.05) is 17.7 Å². The number of hydrogen-bond acceptors (Lipinski definition) is 5. The number of nitrogens with two attached hydrogens (primary N) is 1. The normalized spacial score (nSPS) is 16.2. The van der Waals surface area contributed by atoms with Crippen LogP contribution in [0.15, 0.2) is 0 Å². The number of primary amides is 1. The van der Waals surface area contributed by atoms with Crippen molar-refractivity contribution in [1.82, 2.24) is 9.97 Å². The quantitative estimate of drug-likeness (QED) is 0.723. The van der Waals surface area contributed by atoms with Crippen molar-refractivity contribution < 1.29 is 4.79 Å². The third kappa shape index (κ3) is 2.52. The summed E-state index contributed by atoms with van der Waals surface area (Å²) in [4.78, 5) is 20.1. The molecule has 0 aliphatic heterocycles. The van der Waals surface area contributed by atoms with Gasteiger partial charge in [0.15, 0.2) is 0 Å². The zero-order chi connectivity index (χ0) is 13.3. The molecule has 1 amide bonds. The highest BCUT2D eigenvalue weighted by molar-refractivity contribution is 5.82. The van der Waals surface area contributed by atoms with Gasteiger partial charge < -0.3 is 16.4 Å². The largest absolute Gasteiger partial charge is 0.373 e. The Kier molecular flexibility index (Phi) is 3.36. The highest BCUT2D eigenvalue weighted by Gasteiger charge is 2.28. The summed E-state index contributed by atoms with van der Waals surface area (Å²) in [5.74, 6) is 2.38. The zero-order valence-electron chi connectivity index (χ0n) is 10.9. The van der Waals surface area contributed by atoms with Crippen LogP contribution >= 0.6 is 0 Å². The molecule has 6 nitrogen and oxygen atoms in total. The van der Waals surface area contributed by atoms with Crippen molar-refractivity contribution in [3.05, 3.63) is 11.4 Å². The first-order chi connectivity index (χ1) is 8.52. The number of nitrogens with zero attached hydrogens (tertiary/aromatic N) is 2. The number of aromatic nitrogens is 2. The van der Waals surface area contributed by atoms with Gasteiger partial charge in [0.05, 0.1) is 0 Å². The fourth-order valence-corrected chi connectivity index (χ4v) is 1.72. The second kappa shape index (κ2) is 4.80. The summed E-state index contributed by atoms with van der Waals surface area (Å²) >= 11 is 0. The van der Waals surface area contributed by atoms with E-state index in [9.17, 15) is 4.79 Å². The molecule has 4 N–H and O–H groups in total. The van der Waals surface area contributed by atoms with Crippen molar-refractivity contribution in [2.45, 2.75) is 38.6 Å². The van der Waals surface area contributed by atoms with Crippen molar-refractivity contribution in [1.29, 1.82) is 0 Å². The topological polar surface area (TPSA) is 92.9 Å². The van der Waals surface area contributed by atoms with Gasteiger partial charge in [-0.2, -0.15) is 0 Å². The second-order valence-electron chi connectivity index (χ2n) is 4.70. The van der Waals surface area contributed by atoms with Gasteiger partial charge in [-0.3, -0.25) is 4.79 Å². The van der Waals surface area contributed by atoms with Crippen LogP contribution in [0.4, 0.5) is 11.6 Å². The molecule has 1 aliphatic carbocycles. The first kappa shape index (κ1) is 12.6. The lowest BCUT2D eigenvalue weighted by Gasteiger charge is -2.16. The maximum Gasteiger partial charge on any atom is 0.239 e. The van der Waals surface area contributed by atoms with Crippen molar-refractivity contribution >= 4 is 17.5 Å². The second-order valence-corrected chi connectivity index (χ2v) is 4.70. The highest BCUT2D eigenvalue weighted by atomic mass is 16.1. The van der Waals surface area contributed by atoms with E-state index in [1.165, 1.54) is 0 Å². The molecular formula is C12H19N5O. The maximum absolute atomic E-state index is 11.1. The van der Waals surface area contributed by atoms with Crippen molar-refractivity contribution in [2.24, 2.45) is 5.73 Å². The molecule has 1 unspecified atom stereocenters. The van der Waals surface area contributed by atoms with Crippen LogP contribution in [-0.4, -0.2) is 29.0 Å². The highest BCUT2D eigenvalue weighted by Crippen LogP contribution is 2.39. The van der Waals surface area contributed by atoms with E-state index in [-0.39, 0.29) is 0 Å². The van der Waals surface area contributed by atoms with Crippen LogP contribution < -0.4 is 16.4 Å². The van der Waals surface area contributed by atoms with E-state index in [1.807, 2.05) is 14.0 Å². The Hall–Kier alpha value is -1.85. The van der Waals surface area contributed by atoms with Crippen LogP contribution in [0.25, 0.3) is 0 Å². The standard InChI is InChI=1S/C12H19N5O/c1-6-10(14-3)16-12(8-4-5-8)17-11(6)15-7(2)9(13)18/h7-8H,4-5H2,1-3H3,(H2,13,18)(H2,14,15,16,17). The molecule has 0 bridgehead atoms. The summed E-state index contributed by atoms with van der Waals surface area (Å²) in [6, 6.07) is -0.449. The summed E-state index contributed by atoms with van der Waals surface area (Å²) < 4.78 is 0. The molecular weight excluding hydrogens is 230 g/mol. The summed E-state index contributed by atoms with van der Waals surface area (Å²) in [6.45, 7) is 3.64. The lowest BCUT2D eigenvalue weighted by Crippen LogP contribution is -2.33. The van der Waals surface area contributed by atoms with Crippen LogP contribution in [0.1, 0.15) is 37.1 Å². The molecule has 18 heavy (non-hydrogen) atoms. The molecule has 2 rings (SSSR count). The Balaban J connectivity index is 2.32. The Morgan fingerprint density at radius 3 is 2.50 bits per heavy atom. The molecule has 6 heteroatoms. The van der Waals surface area contributed by atoms with Gasteiger partial charge in [0.2, 0.25) is 5.91 Å². The molecule has 1 aromatic heterocycles. The van der Waals surface area contributed by atoms with Gasteiger partial charge in [0, 0.05) is 18.5 Å². The molecule has 1 atom stereocenters. The Morgan fingerprint density at radius 2 is 2.00 bits per heavy atom. The van der Waals surface area contributed by atoms with Crippen LogP contribution in [0.2, 0.25) is 0 Å². The van der Waals surface area contributed by atoms with E-state index in [2.05, 4.69) is 20.6 Å². The number of nitrogens with one attached hydrogen (secondary N) is 2. The van der Waals surface area contributed by atoms with Gasteiger partial charge in [0.25, 0.3) is 0 Å². The van der Waals surface area contributed by atoms with E-state index in [1.54, 1.807) is 6.92 Å². The molecule has 0 aromatic carbocycles. The maximum atomic E-state index is 11.1. The number of hydrogen-bond donors (Lipinski definition) is 3. The predicted octanol–water partition coefficient (Wildman–Crippen LogP) is 0.990.